The Hall–Kier alpha value is -3.15. The highest BCUT2D eigenvalue weighted by atomic mass is 16.4. The minimum Gasteiger partial charge on any atom is -0.477 e. The fourth-order valence-corrected chi connectivity index (χ4v) is 3.74. The molecule has 1 aromatic carbocycles. The summed E-state index contributed by atoms with van der Waals surface area (Å²) in [6.45, 7) is 0.788. The van der Waals surface area contributed by atoms with E-state index in [4.69, 9.17) is 5.11 Å². The van der Waals surface area contributed by atoms with Gasteiger partial charge in [-0.1, -0.05) is 30.3 Å². The van der Waals surface area contributed by atoms with Gasteiger partial charge in [0.1, 0.15) is 11.5 Å². The maximum atomic E-state index is 12.3. The first-order valence-corrected chi connectivity index (χ1v) is 7.77. The zero-order valence-electron chi connectivity index (χ0n) is 12.6. The van der Waals surface area contributed by atoms with Gasteiger partial charge in [-0.2, -0.15) is 0 Å². The van der Waals surface area contributed by atoms with Crippen molar-refractivity contribution in [1.29, 1.82) is 0 Å². The predicted molar refractivity (Wildman–Crippen MR) is 85.7 cm³/mol. The molecule has 0 saturated carbocycles. The van der Waals surface area contributed by atoms with Gasteiger partial charge in [0.25, 0.3) is 5.91 Å². The summed E-state index contributed by atoms with van der Waals surface area (Å²) in [6, 6.07) is 7.99. The molecule has 0 radical (unpaired) electrons. The Morgan fingerprint density at radius 2 is 2.17 bits per heavy atom. The minimum absolute atomic E-state index is 0.0865. The minimum atomic E-state index is -1.05. The predicted octanol–water partition coefficient (Wildman–Crippen LogP) is 1.88. The number of nitrogens with zero attached hydrogens (tertiary/aromatic N) is 3. The topological polar surface area (TPSA) is 75.4 Å². The third kappa shape index (κ3) is 1.62. The second kappa shape index (κ2) is 4.44. The molecule has 0 spiro atoms. The maximum absolute atomic E-state index is 12.3. The van der Waals surface area contributed by atoms with Crippen molar-refractivity contribution in [3.05, 3.63) is 59.1 Å². The Bertz CT molecular complexity index is 983. The van der Waals surface area contributed by atoms with Crippen LogP contribution in [0.5, 0.6) is 0 Å². The molecule has 1 atom stereocenters. The van der Waals surface area contributed by atoms with Crippen LogP contribution in [-0.4, -0.2) is 37.5 Å². The van der Waals surface area contributed by atoms with Crippen molar-refractivity contribution < 1.29 is 14.7 Å². The Morgan fingerprint density at radius 1 is 1.33 bits per heavy atom. The maximum Gasteiger partial charge on any atom is 0.352 e. The summed E-state index contributed by atoms with van der Waals surface area (Å²) < 4.78 is 2.08. The first kappa shape index (κ1) is 13.3. The van der Waals surface area contributed by atoms with Crippen molar-refractivity contribution >= 4 is 18.0 Å². The number of hydrogen-bond donors (Lipinski definition) is 1. The summed E-state index contributed by atoms with van der Waals surface area (Å²) in [5, 5.41) is 9.10. The van der Waals surface area contributed by atoms with Crippen LogP contribution in [0.4, 0.5) is 0 Å². The van der Waals surface area contributed by atoms with E-state index in [1.54, 1.807) is 12.2 Å². The second-order valence-corrected chi connectivity index (χ2v) is 6.20. The second-order valence-electron chi connectivity index (χ2n) is 6.20. The fraction of sp³-hybridized carbons (Fsp3) is 0.167. The molecule has 1 fully saturated rings. The molecule has 1 saturated heterocycles. The molecule has 0 aliphatic carbocycles. The summed E-state index contributed by atoms with van der Waals surface area (Å²) in [5.41, 5.74) is 3.83. The van der Waals surface area contributed by atoms with E-state index in [1.807, 2.05) is 24.4 Å². The largest absolute Gasteiger partial charge is 0.477 e. The van der Waals surface area contributed by atoms with Gasteiger partial charge in [0, 0.05) is 23.9 Å². The quantitative estimate of drug-likeness (QED) is 0.578. The molecule has 3 aliphatic heterocycles. The van der Waals surface area contributed by atoms with E-state index in [1.165, 1.54) is 10.5 Å². The molecule has 1 amide bonds. The molecule has 118 valence electrons. The van der Waals surface area contributed by atoms with Crippen molar-refractivity contribution in [1.82, 2.24) is 14.5 Å². The number of carbonyl (C=O) groups excluding carboxylic acids is 1. The Labute approximate surface area is 137 Å². The van der Waals surface area contributed by atoms with Crippen LogP contribution < -0.4 is 0 Å². The lowest BCUT2D eigenvalue weighted by Crippen LogP contribution is -2.52. The number of imidazole rings is 1. The van der Waals surface area contributed by atoms with E-state index >= 15 is 0 Å². The smallest absolute Gasteiger partial charge is 0.352 e. The monoisotopic (exact) mass is 319 g/mol. The van der Waals surface area contributed by atoms with E-state index in [2.05, 4.69) is 15.6 Å². The number of β-lactam (4-membered cyclic amide) rings is 1. The first-order valence-electron chi connectivity index (χ1n) is 7.77. The number of aromatic nitrogens is 2. The molecule has 2 aromatic rings. The number of carboxylic acid groups (broad SMARTS) is 1. The number of hydrogen-bond acceptors (Lipinski definition) is 3. The highest BCUT2D eigenvalue weighted by Gasteiger charge is 2.48. The molecule has 24 heavy (non-hydrogen) atoms. The summed E-state index contributed by atoms with van der Waals surface area (Å²) in [7, 11) is 0. The highest BCUT2D eigenvalue weighted by molar-refractivity contribution is 6.11. The standard InChI is InChI=1S/C18H13N3O3/c22-17-13(14-5-6-15(18(23)24)21(14)17)7-11-9-20-8-10-3-1-2-4-12(10)16(20)19-11/h1-4,6-7,9,14H,5,8H2,(H,23,24). The molecule has 1 aromatic heterocycles. The Balaban J connectivity index is 1.46. The Morgan fingerprint density at radius 3 is 3.00 bits per heavy atom. The van der Waals surface area contributed by atoms with Gasteiger partial charge in [-0.25, -0.2) is 9.78 Å². The van der Waals surface area contributed by atoms with Crippen LogP contribution in [0.2, 0.25) is 0 Å². The molecule has 4 heterocycles. The lowest BCUT2D eigenvalue weighted by Gasteiger charge is -2.38. The summed E-state index contributed by atoms with van der Waals surface area (Å²) >= 11 is 0. The number of fused-ring (bicyclic) bond motifs is 4. The lowest BCUT2D eigenvalue weighted by atomic mass is 9.94. The first-order chi connectivity index (χ1) is 11.6. The number of amides is 1. The molecule has 6 nitrogen and oxygen atoms in total. The van der Waals surface area contributed by atoms with Gasteiger partial charge in [-0.15, -0.1) is 0 Å². The van der Waals surface area contributed by atoms with Crippen molar-refractivity contribution in [2.75, 3.05) is 0 Å². The number of aliphatic carboxylic acids is 1. The molecular weight excluding hydrogens is 306 g/mol. The molecule has 3 aliphatic rings. The van der Waals surface area contributed by atoms with Crippen LogP contribution >= 0.6 is 0 Å². The van der Waals surface area contributed by atoms with Gasteiger partial charge < -0.3 is 9.67 Å². The van der Waals surface area contributed by atoms with E-state index in [0.29, 0.717) is 12.0 Å². The van der Waals surface area contributed by atoms with Crippen LogP contribution in [-0.2, 0) is 16.1 Å². The van der Waals surface area contributed by atoms with Gasteiger partial charge in [0.05, 0.1) is 11.7 Å². The third-order valence-corrected chi connectivity index (χ3v) is 4.85. The van der Waals surface area contributed by atoms with Crippen molar-refractivity contribution in [2.24, 2.45) is 0 Å². The van der Waals surface area contributed by atoms with Gasteiger partial charge in [0.2, 0.25) is 0 Å². The molecule has 0 bridgehead atoms. The van der Waals surface area contributed by atoms with Crippen LogP contribution in [0.25, 0.3) is 17.5 Å². The number of carboxylic acids is 1. The SMILES string of the molecule is O=C(O)C1=CCC2C(=Cc3cn4c(n3)-c3ccccc3C4)C(=O)N12. The molecule has 5 rings (SSSR count). The van der Waals surface area contributed by atoms with Crippen molar-refractivity contribution in [3.63, 3.8) is 0 Å². The average molecular weight is 319 g/mol. The number of carbonyl (C=O) groups is 2. The zero-order valence-corrected chi connectivity index (χ0v) is 12.6. The van der Waals surface area contributed by atoms with Crippen molar-refractivity contribution in [2.45, 2.75) is 19.0 Å². The molecular formula is C18H13N3O3. The van der Waals surface area contributed by atoms with E-state index in [-0.39, 0.29) is 17.6 Å². The number of rotatable bonds is 2. The van der Waals surface area contributed by atoms with Crippen LogP contribution in [0.3, 0.4) is 0 Å². The van der Waals surface area contributed by atoms with Gasteiger partial charge >= 0.3 is 5.97 Å². The van der Waals surface area contributed by atoms with Crippen molar-refractivity contribution in [3.8, 4) is 11.4 Å². The highest BCUT2D eigenvalue weighted by Crippen LogP contribution is 2.39. The third-order valence-electron chi connectivity index (χ3n) is 4.85. The van der Waals surface area contributed by atoms with Gasteiger partial charge in [-0.3, -0.25) is 9.69 Å². The number of benzene rings is 1. The summed E-state index contributed by atoms with van der Waals surface area (Å²) in [5.74, 6) is -0.376. The molecule has 6 heteroatoms. The lowest BCUT2D eigenvalue weighted by molar-refractivity contribution is -0.142. The van der Waals surface area contributed by atoms with Gasteiger partial charge in [-0.05, 0) is 18.1 Å². The van der Waals surface area contributed by atoms with Crippen LogP contribution in [0.1, 0.15) is 17.7 Å². The van der Waals surface area contributed by atoms with E-state index < -0.39 is 5.97 Å². The average Bonchev–Trinajstić information content (AvgIpc) is 3.22. The summed E-state index contributed by atoms with van der Waals surface area (Å²) in [4.78, 5) is 29.4. The fourth-order valence-electron chi connectivity index (χ4n) is 3.74. The van der Waals surface area contributed by atoms with E-state index in [9.17, 15) is 9.59 Å². The molecule has 1 N–H and O–H groups in total. The Kier molecular flexibility index (Phi) is 2.46. The normalized spacial score (nSPS) is 22.1. The van der Waals surface area contributed by atoms with Crippen LogP contribution in [0, 0.1) is 0 Å². The van der Waals surface area contributed by atoms with Gasteiger partial charge in [0.15, 0.2) is 0 Å². The zero-order chi connectivity index (χ0) is 16.4. The summed E-state index contributed by atoms with van der Waals surface area (Å²) in [6.07, 6.45) is 5.89. The van der Waals surface area contributed by atoms with E-state index in [0.717, 1.165) is 23.6 Å². The van der Waals surface area contributed by atoms with Crippen LogP contribution in [0.15, 0.2) is 47.8 Å². The molecule has 1 unspecified atom stereocenters.